The first-order valence-electron chi connectivity index (χ1n) is 40.0. The summed E-state index contributed by atoms with van der Waals surface area (Å²) in [4.78, 5) is 74.5. The molecular formula is C87H107Cl4NO27Si. The number of hydrogen-bond donors (Lipinski definition) is 4. The van der Waals surface area contributed by atoms with E-state index in [1.54, 1.807) is 54.6 Å². The molecule has 5 aliphatic heterocycles. The molecule has 0 spiro atoms. The Bertz CT molecular complexity index is 4140. The number of halogens is 4. The number of rotatable bonds is 41. The molecule has 5 fully saturated rings. The lowest BCUT2D eigenvalue weighted by Gasteiger charge is -2.53. The number of amides is 1. The first-order chi connectivity index (χ1) is 57.6. The summed E-state index contributed by atoms with van der Waals surface area (Å²) in [7, 11) is -2.27. The minimum absolute atomic E-state index is 0.0277. The zero-order valence-electron chi connectivity index (χ0n) is 67.8. The van der Waals surface area contributed by atoms with Gasteiger partial charge in [0, 0.05) is 19.4 Å². The standard InChI is InChI=1S/C87H107Cl4NO27Si/c1-54(94)105-52-65-69(106-47-57-33-19-10-20-34-57)72(119-120(6,7)85(2,3)4)66(79(98)109-53-87(89,90)91)80(110-65)115-71-64(51-103-46-56-31-17-9-18-32-56)112-82(77(114-78(97)60-39-25-13-26-40-60)75(71)118-86(83(99)101-5)43-62-67(92-84(100)113-62)73(117-86)68(96)61(95)44-93)116-70-63(50-102-45-55-29-15-8-16-30-55)111-81(104-42-28-14-27-41-88)76(108-49-59-37-23-12-24-38-59)74(70)107-48-58-35-21-11-22-36-58/h8-13,15-26,29-40,61-77,80-82,93,95-96H,14,27-28,41-53H2,1-7H3,(H,92,100)/t61-,62?,63?,64?,65?,66?,67?,68-,69?,70?,71?,72?,73?,74?,75?,76?,77?,80?,81?,82?,86?/m1/s1. The number of unbranched alkanes of at least 4 members (excludes halogenated alkanes) is 2. The van der Waals surface area contributed by atoms with Gasteiger partial charge in [0.15, 0.2) is 33.3 Å². The minimum Gasteiger partial charge on any atom is -0.465 e. The zero-order valence-corrected chi connectivity index (χ0v) is 71.9. The Labute approximate surface area is 719 Å². The number of benzene rings is 6. The van der Waals surface area contributed by atoms with Gasteiger partial charge in [-0.2, -0.15) is 0 Å². The molecule has 5 heterocycles. The van der Waals surface area contributed by atoms with E-state index in [4.69, 9.17) is 136 Å². The molecule has 0 radical (unpaired) electrons. The lowest BCUT2D eigenvalue weighted by molar-refractivity contribution is -0.403. The highest BCUT2D eigenvalue weighted by molar-refractivity contribution is 6.74. The third kappa shape index (κ3) is 25.7. The van der Waals surface area contributed by atoms with Gasteiger partial charge in [-0.15, -0.1) is 11.6 Å². The Morgan fingerprint density at radius 2 is 1.06 bits per heavy atom. The molecule has 11 rings (SSSR count). The molecule has 21 atom stereocenters. The molecule has 1 amide bonds. The average Bonchev–Trinajstić information content (AvgIpc) is 1.60. The Morgan fingerprint density at radius 1 is 0.575 bits per heavy atom. The van der Waals surface area contributed by atoms with E-state index in [2.05, 4.69) is 5.32 Å². The topological polar surface area (TPSA) is 333 Å². The molecule has 6 aromatic rings. The quantitative estimate of drug-likeness (QED) is 0.00911. The van der Waals surface area contributed by atoms with E-state index in [-0.39, 0.29) is 51.8 Å². The molecule has 5 aliphatic rings. The molecule has 6 aromatic carbocycles. The maximum atomic E-state index is 16.0. The van der Waals surface area contributed by atoms with Crippen molar-refractivity contribution in [3.63, 3.8) is 0 Å². The maximum absolute atomic E-state index is 16.0. The van der Waals surface area contributed by atoms with Crippen molar-refractivity contribution in [2.45, 2.75) is 231 Å². The number of alkyl carbamates (subject to hydrolysis) is 1. The molecule has 0 aromatic heterocycles. The number of aliphatic hydroxyl groups excluding tert-OH is 3. The second-order valence-corrected chi connectivity index (χ2v) is 39.0. The highest BCUT2D eigenvalue weighted by atomic mass is 35.6. The Morgan fingerprint density at radius 3 is 1.57 bits per heavy atom. The fourth-order valence-electron chi connectivity index (χ4n) is 14.4. The first kappa shape index (κ1) is 93.9. The van der Waals surface area contributed by atoms with E-state index in [0.717, 1.165) is 18.2 Å². The van der Waals surface area contributed by atoms with Crippen LogP contribution in [-0.2, 0) is 137 Å². The minimum atomic E-state index is -3.26. The molecule has 5 saturated heterocycles. The summed E-state index contributed by atoms with van der Waals surface area (Å²) in [6.07, 6.45) is -30.7. The number of esters is 4. The van der Waals surface area contributed by atoms with Crippen molar-refractivity contribution in [2.75, 3.05) is 52.6 Å². The summed E-state index contributed by atoms with van der Waals surface area (Å²) in [5.74, 6) is -8.85. The molecule has 4 N–H and O–H groups in total. The van der Waals surface area contributed by atoms with Crippen LogP contribution >= 0.6 is 46.4 Å². The van der Waals surface area contributed by atoms with Gasteiger partial charge in [-0.05, 0) is 77.3 Å². The van der Waals surface area contributed by atoms with Crippen LogP contribution in [-0.4, -0.2) is 232 Å². The highest BCUT2D eigenvalue weighted by Gasteiger charge is 2.66. The molecule has 28 nitrogen and oxygen atoms in total. The van der Waals surface area contributed by atoms with Gasteiger partial charge >= 0.3 is 30.0 Å². The van der Waals surface area contributed by atoms with E-state index >= 15 is 14.4 Å². The number of ether oxygens (including phenoxy) is 18. The van der Waals surface area contributed by atoms with Crippen LogP contribution in [0.4, 0.5) is 4.79 Å². The highest BCUT2D eigenvalue weighted by Crippen LogP contribution is 2.47. The first-order valence-corrected chi connectivity index (χ1v) is 44.6. The summed E-state index contributed by atoms with van der Waals surface area (Å²) >= 11 is 25.5. The van der Waals surface area contributed by atoms with E-state index in [1.165, 1.54) is 19.1 Å². The normalized spacial score (nSPS) is 28.2. The van der Waals surface area contributed by atoms with Gasteiger partial charge in [0.05, 0.1) is 84.1 Å². The van der Waals surface area contributed by atoms with Gasteiger partial charge in [0.1, 0.15) is 98.5 Å². The fourth-order valence-corrected chi connectivity index (χ4v) is 16.1. The maximum Gasteiger partial charge on any atom is 0.407 e. The van der Waals surface area contributed by atoms with Crippen molar-refractivity contribution >= 4 is 84.7 Å². The number of hydrogen-bond acceptors (Lipinski definition) is 27. The molecule has 0 bridgehead atoms. The van der Waals surface area contributed by atoms with Crippen molar-refractivity contribution in [3.8, 4) is 0 Å². The number of nitrogens with one attached hydrogen (secondary N) is 1. The van der Waals surface area contributed by atoms with Gasteiger partial charge < -0.3 is 110 Å². The Balaban J connectivity index is 1.16. The van der Waals surface area contributed by atoms with Crippen LogP contribution in [0.3, 0.4) is 0 Å². The van der Waals surface area contributed by atoms with Crippen LogP contribution in [0.1, 0.15) is 91.6 Å². The summed E-state index contributed by atoms with van der Waals surface area (Å²) < 4.78 is 128. The van der Waals surface area contributed by atoms with Crippen molar-refractivity contribution in [1.29, 1.82) is 0 Å². The van der Waals surface area contributed by atoms with E-state index in [0.29, 0.717) is 41.8 Å². The molecule has 120 heavy (non-hydrogen) atoms. The van der Waals surface area contributed by atoms with Gasteiger partial charge in [0.2, 0.25) is 3.79 Å². The molecule has 654 valence electrons. The molecule has 0 saturated carbocycles. The van der Waals surface area contributed by atoms with Crippen LogP contribution in [0.5, 0.6) is 0 Å². The lowest BCUT2D eigenvalue weighted by atomic mass is 9.88. The zero-order chi connectivity index (χ0) is 85.6. The van der Waals surface area contributed by atoms with E-state index < -0.39 is 208 Å². The average molecular weight is 1770 g/mol. The number of carbonyl (C=O) groups is 5. The summed E-state index contributed by atoms with van der Waals surface area (Å²) in [6.45, 7) is 7.39. The summed E-state index contributed by atoms with van der Waals surface area (Å²) in [6, 6.07) is 52.5. The number of methoxy groups -OCH3 is 1. The lowest BCUT2D eigenvalue weighted by Crippen LogP contribution is -2.71. The molecule has 0 aliphatic carbocycles. The smallest absolute Gasteiger partial charge is 0.407 e. The van der Waals surface area contributed by atoms with Crippen molar-refractivity contribution in [2.24, 2.45) is 5.92 Å². The van der Waals surface area contributed by atoms with Crippen LogP contribution in [0.25, 0.3) is 0 Å². The predicted octanol–water partition coefficient (Wildman–Crippen LogP) is 11.5. The number of aliphatic hydroxyl groups is 3. The number of carbonyl (C=O) groups excluding carboxylic acids is 5. The van der Waals surface area contributed by atoms with Crippen LogP contribution in [0, 0.1) is 5.92 Å². The molecule has 33 heteroatoms. The van der Waals surface area contributed by atoms with Gasteiger partial charge in [-0.3, -0.25) is 9.59 Å². The second kappa shape index (κ2) is 44.7. The van der Waals surface area contributed by atoms with Gasteiger partial charge in [0.25, 0.3) is 5.79 Å². The summed E-state index contributed by atoms with van der Waals surface area (Å²) in [5, 5.41) is 36.0. The Kier molecular flexibility index (Phi) is 34.9. The second-order valence-electron chi connectivity index (χ2n) is 31.3. The number of fused-ring (bicyclic) bond motifs is 1. The van der Waals surface area contributed by atoms with E-state index in [1.807, 2.05) is 149 Å². The SMILES string of the molecule is COC(=O)C1(OC2C(OC3OC(COC(C)=O)C(OCc4ccccc4)C(O[Si](C)(C)C(C)(C)C)C3C(=O)OCC(Cl)(Cl)Cl)C(COCc3ccccc3)OC(OC3C(COCc4ccccc4)OC(OCCCCCCl)C(OCc4ccccc4)C3OCc3ccccc3)C2OC(=O)c2ccccc2)CC2OC(=O)NC2C([C@H](O)[C@H](O)CO)O1. The summed E-state index contributed by atoms with van der Waals surface area (Å²) in [5.41, 5.74) is 3.54. The predicted molar refractivity (Wildman–Crippen MR) is 438 cm³/mol. The third-order valence-corrected chi connectivity index (χ3v) is 26.6. The van der Waals surface area contributed by atoms with Gasteiger partial charge in [-0.1, -0.05) is 225 Å². The van der Waals surface area contributed by atoms with Crippen LogP contribution in [0.15, 0.2) is 182 Å². The molecule has 19 unspecified atom stereocenters. The monoisotopic (exact) mass is 1770 g/mol. The van der Waals surface area contributed by atoms with Crippen molar-refractivity contribution in [3.05, 3.63) is 215 Å². The third-order valence-electron chi connectivity index (χ3n) is 21.5. The Hall–Kier alpha value is -6.83. The van der Waals surface area contributed by atoms with Crippen LogP contribution < -0.4 is 5.32 Å². The largest absolute Gasteiger partial charge is 0.465 e. The number of alkyl halides is 4. The van der Waals surface area contributed by atoms with Crippen molar-refractivity contribution < 1.29 is 129 Å². The van der Waals surface area contributed by atoms with Crippen molar-refractivity contribution in [1.82, 2.24) is 5.32 Å². The van der Waals surface area contributed by atoms with Crippen LogP contribution in [0.2, 0.25) is 18.1 Å². The van der Waals surface area contributed by atoms with Gasteiger partial charge in [-0.25, -0.2) is 14.4 Å². The molecular weight excluding hydrogens is 1660 g/mol. The fraction of sp³-hybridized carbons (Fsp3) is 0.529. The van der Waals surface area contributed by atoms with E-state index in [9.17, 15) is 24.9 Å².